The first-order valence-corrected chi connectivity index (χ1v) is 7.24. The van der Waals surface area contributed by atoms with Gasteiger partial charge in [0.25, 0.3) is 0 Å². The average Bonchev–Trinajstić information content (AvgIpc) is 2.56. The van der Waals surface area contributed by atoms with Gasteiger partial charge in [-0.25, -0.2) is 9.97 Å². The number of aromatic nitrogens is 2. The topological polar surface area (TPSA) is 25.8 Å². The Morgan fingerprint density at radius 2 is 1.29 bits per heavy atom. The van der Waals surface area contributed by atoms with Crippen LogP contribution in [-0.4, -0.2) is 9.97 Å². The van der Waals surface area contributed by atoms with Crippen LogP contribution < -0.4 is 0 Å². The summed E-state index contributed by atoms with van der Waals surface area (Å²) in [5.41, 5.74) is 4.23. The Morgan fingerprint density at radius 1 is 0.714 bits per heavy atom. The monoisotopic (exact) mass is 274 g/mol. The molecule has 0 amide bonds. The molecular weight excluding hydrogens is 256 g/mol. The maximum Gasteiger partial charge on any atom is 0.160 e. The van der Waals surface area contributed by atoms with E-state index in [4.69, 9.17) is 9.97 Å². The van der Waals surface area contributed by atoms with E-state index in [2.05, 4.69) is 32.0 Å². The van der Waals surface area contributed by atoms with Crippen LogP contribution in [0.3, 0.4) is 0 Å². The molecule has 1 heterocycles. The number of hydrogen-bond acceptors (Lipinski definition) is 2. The molecular formula is C19H18N2. The summed E-state index contributed by atoms with van der Waals surface area (Å²) < 4.78 is 0. The lowest BCUT2D eigenvalue weighted by molar-refractivity contribution is 0.818. The molecule has 2 aromatic carbocycles. The maximum absolute atomic E-state index is 4.75. The van der Waals surface area contributed by atoms with Crippen molar-refractivity contribution in [3.63, 3.8) is 0 Å². The van der Waals surface area contributed by atoms with Gasteiger partial charge in [-0.3, -0.25) is 0 Å². The molecule has 0 radical (unpaired) electrons. The van der Waals surface area contributed by atoms with Gasteiger partial charge in [-0.05, 0) is 12.0 Å². The van der Waals surface area contributed by atoms with Crippen molar-refractivity contribution < 1.29 is 0 Å². The molecule has 104 valence electrons. The van der Waals surface area contributed by atoms with Gasteiger partial charge in [-0.1, -0.05) is 74.5 Å². The van der Waals surface area contributed by atoms with Gasteiger partial charge < -0.3 is 0 Å². The molecule has 0 atom stereocenters. The minimum Gasteiger partial charge on any atom is -0.233 e. The van der Waals surface area contributed by atoms with Gasteiger partial charge in [0, 0.05) is 16.8 Å². The summed E-state index contributed by atoms with van der Waals surface area (Å²) in [5, 5.41) is 0. The Balaban J connectivity index is 2.16. The van der Waals surface area contributed by atoms with E-state index in [1.807, 2.05) is 48.5 Å². The Labute approximate surface area is 125 Å². The minimum absolute atomic E-state index is 0.373. The van der Waals surface area contributed by atoms with E-state index in [1.54, 1.807) is 0 Å². The second kappa shape index (κ2) is 5.88. The molecule has 0 aliphatic rings. The van der Waals surface area contributed by atoms with E-state index in [0.29, 0.717) is 5.92 Å². The fourth-order valence-electron chi connectivity index (χ4n) is 2.23. The first-order chi connectivity index (χ1) is 10.2. The first kappa shape index (κ1) is 13.5. The second-order valence-electron chi connectivity index (χ2n) is 5.39. The van der Waals surface area contributed by atoms with Crippen molar-refractivity contribution in [3.05, 3.63) is 72.4 Å². The van der Waals surface area contributed by atoms with Crippen molar-refractivity contribution in [2.45, 2.75) is 19.8 Å². The van der Waals surface area contributed by atoms with Gasteiger partial charge in [-0.15, -0.1) is 0 Å². The summed E-state index contributed by atoms with van der Waals surface area (Å²) in [5.74, 6) is 1.17. The fraction of sp³-hybridized carbons (Fsp3) is 0.158. The second-order valence-corrected chi connectivity index (χ2v) is 5.39. The van der Waals surface area contributed by atoms with Crippen LogP contribution in [0.4, 0.5) is 0 Å². The molecule has 0 bridgehead atoms. The van der Waals surface area contributed by atoms with Gasteiger partial charge in [0.15, 0.2) is 5.82 Å². The summed E-state index contributed by atoms with van der Waals surface area (Å²) in [6.45, 7) is 4.32. The summed E-state index contributed by atoms with van der Waals surface area (Å²) >= 11 is 0. The molecule has 0 aliphatic carbocycles. The van der Waals surface area contributed by atoms with E-state index >= 15 is 0 Å². The zero-order valence-corrected chi connectivity index (χ0v) is 12.3. The molecule has 2 heteroatoms. The lowest BCUT2D eigenvalue weighted by atomic mass is 10.1. The number of hydrogen-bond donors (Lipinski definition) is 0. The average molecular weight is 274 g/mol. The Morgan fingerprint density at radius 3 is 1.86 bits per heavy atom. The smallest absolute Gasteiger partial charge is 0.160 e. The van der Waals surface area contributed by atoms with E-state index in [-0.39, 0.29) is 0 Å². The van der Waals surface area contributed by atoms with Gasteiger partial charge in [0.2, 0.25) is 0 Å². The van der Waals surface area contributed by atoms with Crippen molar-refractivity contribution in [2.75, 3.05) is 0 Å². The Kier molecular flexibility index (Phi) is 3.78. The van der Waals surface area contributed by atoms with E-state index in [0.717, 1.165) is 28.3 Å². The highest BCUT2D eigenvalue weighted by atomic mass is 14.9. The Hall–Kier alpha value is -2.48. The minimum atomic E-state index is 0.373. The number of benzene rings is 2. The van der Waals surface area contributed by atoms with E-state index in [9.17, 15) is 0 Å². The predicted octanol–water partition coefficient (Wildman–Crippen LogP) is 4.93. The standard InChI is InChI=1S/C19H18N2/c1-14(2)17-13-18(15-9-5-3-6-10-15)21-19(20-17)16-11-7-4-8-12-16/h3-14H,1-2H3. The Bertz CT molecular complexity index is 661. The highest BCUT2D eigenvalue weighted by Crippen LogP contribution is 2.25. The van der Waals surface area contributed by atoms with Crippen LogP contribution in [0.5, 0.6) is 0 Å². The van der Waals surface area contributed by atoms with Crippen LogP contribution in [0, 0.1) is 0 Å². The van der Waals surface area contributed by atoms with Crippen LogP contribution in [0.15, 0.2) is 66.7 Å². The summed E-state index contributed by atoms with van der Waals surface area (Å²) in [6, 6.07) is 22.5. The van der Waals surface area contributed by atoms with Crippen LogP contribution in [0.2, 0.25) is 0 Å². The molecule has 0 spiro atoms. The summed E-state index contributed by atoms with van der Waals surface area (Å²) in [6.07, 6.45) is 0. The highest BCUT2D eigenvalue weighted by Gasteiger charge is 2.10. The molecule has 0 saturated heterocycles. The number of rotatable bonds is 3. The maximum atomic E-state index is 4.75. The third-order valence-electron chi connectivity index (χ3n) is 3.44. The fourth-order valence-corrected chi connectivity index (χ4v) is 2.23. The lowest BCUT2D eigenvalue weighted by Crippen LogP contribution is -1.99. The molecule has 21 heavy (non-hydrogen) atoms. The third-order valence-corrected chi connectivity index (χ3v) is 3.44. The molecule has 0 saturated carbocycles. The molecule has 1 aromatic heterocycles. The highest BCUT2D eigenvalue weighted by molar-refractivity contribution is 5.64. The first-order valence-electron chi connectivity index (χ1n) is 7.24. The molecule has 0 N–H and O–H groups in total. The zero-order chi connectivity index (χ0) is 14.7. The molecule has 3 aromatic rings. The van der Waals surface area contributed by atoms with Crippen molar-refractivity contribution >= 4 is 0 Å². The van der Waals surface area contributed by atoms with Crippen molar-refractivity contribution in [1.82, 2.24) is 9.97 Å². The molecule has 3 rings (SSSR count). The zero-order valence-electron chi connectivity index (χ0n) is 12.3. The summed E-state index contributed by atoms with van der Waals surface area (Å²) in [4.78, 5) is 9.46. The normalized spacial score (nSPS) is 10.8. The van der Waals surface area contributed by atoms with Crippen molar-refractivity contribution in [1.29, 1.82) is 0 Å². The van der Waals surface area contributed by atoms with Crippen LogP contribution in [-0.2, 0) is 0 Å². The van der Waals surface area contributed by atoms with E-state index < -0.39 is 0 Å². The SMILES string of the molecule is CC(C)c1cc(-c2ccccc2)nc(-c2ccccc2)n1. The lowest BCUT2D eigenvalue weighted by Gasteiger charge is -2.10. The van der Waals surface area contributed by atoms with Crippen molar-refractivity contribution in [3.8, 4) is 22.6 Å². The van der Waals surface area contributed by atoms with Gasteiger partial charge >= 0.3 is 0 Å². The molecule has 2 nitrogen and oxygen atoms in total. The van der Waals surface area contributed by atoms with Gasteiger partial charge in [0.05, 0.1) is 5.69 Å². The van der Waals surface area contributed by atoms with Crippen LogP contribution >= 0.6 is 0 Å². The van der Waals surface area contributed by atoms with Gasteiger partial charge in [-0.2, -0.15) is 0 Å². The van der Waals surface area contributed by atoms with Crippen molar-refractivity contribution in [2.24, 2.45) is 0 Å². The van der Waals surface area contributed by atoms with Crippen LogP contribution in [0.1, 0.15) is 25.5 Å². The summed E-state index contributed by atoms with van der Waals surface area (Å²) in [7, 11) is 0. The third kappa shape index (κ3) is 3.00. The molecule has 0 fully saturated rings. The quantitative estimate of drug-likeness (QED) is 0.676. The van der Waals surface area contributed by atoms with Gasteiger partial charge in [0.1, 0.15) is 0 Å². The molecule has 0 aliphatic heterocycles. The van der Waals surface area contributed by atoms with Crippen LogP contribution in [0.25, 0.3) is 22.6 Å². The largest absolute Gasteiger partial charge is 0.233 e. The molecule has 0 unspecified atom stereocenters. The number of nitrogens with zero attached hydrogens (tertiary/aromatic N) is 2. The predicted molar refractivity (Wildman–Crippen MR) is 87.0 cm³/mol. The van der Waals surface area contributed by atoms with E-state index in [1.165, 1.54) is 0 Å².